The monoisotopic (exact) mass is 1240 g/mol. The van der Waals surface area contributed by atoms with E-state index < -0.39 is 75.9 Å². The van der Waals surface area contributed by atoms with Crippen molar-refractivity contribution in [3.63, 3.8) is 0 Å². The average Bonchev–Trinajstić information content (AvgIpc) is 4.10. The average molecular weight is 1240 g/mol. The smallest absolute Gasteiger partial charge is 0.358 e. The number of hydrogen-bond acceptors (Lipinski definition) is 20. The van der Waals surface area contributed by atoms with Crippen LogP contribution in [0.3, 0.4) is 0 Å². The van der Waals surface area contributed by atoms with Crippen molar-refractivity contribution >= 4 is 74.0 Å². The molecule has 2 aromatic carbocycles. The molecule has 0 spiro atoms. The third-order valence-corrected chi connectivity index (χ3v) is 27.6. The summed E-state index contributed by atoms with van der Waals surface area (Å²) in [7, 11) is -8.75. The van der Waals surface area contributed by atoms with Crippen LogP contribution in [0, 0.1) is 33.1 Å². The lowest BCUT2D eigenvalue weighted by atomic mass is 10.2. The summed E-state index contributed by atoms with van der Waals surface area (Å²) < 4.78 is 88.0. The fraction of sp³-hybridized carbons (Fsp3) is 0.488. The van der Waals surface area contributed by atoms with Gasteiger partial charge in [-0.15, -0.1) is 4.63 Å². The van der Waals surface area contributed by atoms with Gasteiger partial charge in [-0.25, -0.2) is 50.0 Å². The number of nitro groups is 1. The number of rotatable bonds is 15. The quantitative estimate of drug-likeness (QED) is 0.0378. The summed E-state index contributed by atoms with van der Waals surface area (Å²) in [4.78, 5) is 34.1. The second-order valence-corrected chi connectivity index (χ2v) is 35.2. The SMILES string of the molecule is CC#N.CC(C)(C)[Si](C)(C)N=S(C)(=O)NCCCc1nonc1-c1noc(=O)n1-c1ccc(F)c(Br)c1.CC(C)(C)[Si](C)(C)N=S(C)(=O)NCCN.O=c1onc(-c2nonc2[N+](=O)[O-])n1-c1ccc(F)c(Br)c1. The molecule has 0 radical (unpaired) electrons. The van der Waals surface area contributed by atoms with Gasteiger partial charge in [-0.3, -0.25) is 17.1 Å². The molecule has 0 aliphatic rings. The van der Waals surface area contributed by atoms with Crippen LogP contribution in [0.4, 0.5) is 14.6 Å². The van der Waals surface area contributed by atoms with Crippen molar-refractivity contribution in [1.82, 2.24) is 49.5 Å². The summed E-state index contributed by atoms with van der Waals surface area (Å²) in [6, 6.07) is 9.45. The highest BCUT2D eigenvalue weighted by molar-refractivity contribution is 9.10. The highest BCUT2D eigenvalue weighted by Gasteiger charge is 2.38. The summed E-state index contributed by atoms with van der Waals surface area (Å²) >= 11 is 6.08. The van der Waals surface area contributed by atoms with Gasteiger partial charge in [0.15, 0.2) is 27.3 Å². The molecule has 25 nitrogen and oxygen atoms in total. The Labute approximate surface area is 444 Å². The summed E-state index contributed by atoms with van der Waals surface area (Å²) in [5, 5.41) is 39.8. The van der Waals surface area contributed by atoms with E-state index in [4.69, 9.17) is 24.2 Å². The lowest BCUT2D eigenvalue weighted by Crippen LogP contribution is -2.39. The predicted octanol–water partition coefficient (Wildman–Crippen LogP) is 8.09. The number of nitrogens with zero attached hydrogens (tertiary/aromatic N) is 12. The van der Waals surface area contributed by atoms with Crippen molar-refractivity contribution in [3.05, 3.63) is 93.9 Å². The molecule has 0 aliphatic carbocycles. The van der Waals surface area contributed by atoms with E-state index in [1.807, 2.05) is 0 Å². The second-order valence-electron chi connectivity index (χ2n) is 19.0. The van der Waals surface area contributed by atoms with Gasteiger partial charge in [-0.1, -0.05) is 57.0 Å². The molecule has 0 fully saturated rings. The molecular formula is C41H59Br2F2N15O10S2Si2. The third-order valence-electron chi connectivity index (χ3n) is 11.1. The van der Waals surface area contributed by atoms with Crippen LogP contribution in [-0.2, 0) is 26.3 Å². The van der Waals surface area contributed by atoms with Gasteiger partial charge in [0, 0.05) is 39.1 Å². The number of nitrogens with one attached hydrogen (secondary N) is 2. The molecule has 406 valence electrons. The summed E-state index contributed by atoms with van der Waals surface area (Å²) in [6.45, 7) is 24.2. The molecule has 0 aliphatic heterocycles. The molecule has 4 aromatic heterocycles. The van der Waals surface area contributed by atoms with Crippen molar-refractivity contribution in [2.24, 2.45) is 13.8 Å². The normalized spacial score (nSPS) is 13.4. The van der Waals surface area contributed by atoms with Crippen LogP contribution in [-0.4, -0.2) is 102 Å². The molecule has 0 amide bonds. The number of aromatic nitrogens is 8. The van der Waals surface area contributed by atoms with Gasteiger partial charge in [0.2, 0.25) is 11.6 Å². The Morgan fingerprint density at radius 1 is 0.770 bits per heavy atom. The van der Waals surface area contributed by atoms with Gasteiger partial charge in [-0.05, 0) is 133 Å². The number of aryl methyl sites for hydroxylation is 1. The van der Waals surface area contributed by atoms with Crippen LogP contribution in [0.5, 0.6) is 0 Å². The maximum absolute atomic E-state index is 13.6. The largest absolute Gasteiger partial charge is 0.446 e. The zero-order valence-electron chi connectivity index (χ0n) is 42.9. The van der Waals surface area contributed by atoms with Crippen LogP contribution < -0.4 is 26.7 Å². The Balaban J connectivity index is 0.000000309. The third kappa shape index (κ3) is 17.0. The molecule has 74 heavy (non-hydrogen) atoms. The molecule has 2 atom stereocenters. The fourth-order valence-corrected chi connectivity index (χ4v) is 16.9. The Morgan fingerprint density at radius 2 is 1.18 bits per heavy atom. The molecule has 0 saturated heterocycles. The highest BCUT2D eigenvalue weighted by Crippen LogP contribution is 2.38. The minimum Gasteiger partial charge on any atom is -0.358 e. The molecule has 6 aromatic rings. The van der Waals surface area contributed by atoms with E-state index in [9.17, 15) is 36.9 Å². The van der Waals surface area contributed by atoms with Crippen LogP contribution in [0.2, 0.25) is 36.3 Å². The number of nitriles is 1. The van der Waals surface area contributed by atoms with Crippen molar-refractivity contribution in [1.29, 1.82) is 5.26 Å². The highest BCUT2D eigenvalue weighted by atomic mass is 79.9. The number of benzene rings is 2. The van der Waals surface area contributed by atoms with Gasteiger partial charge >= 0.3 is 17.3 Å². The molecule has 6 rings (SSSR count). The first-order valence-corrected chi connectivity index (χ1v) is 33.3. The van der Waals surface area contributed by atoms with E-state index in [1.54, 1.807) is 18.6 Å². The lowest BCUT2D eigenvalue weighted by molar-refractivity contribution is -0.390. The van der Waals surface area contributed by atoms with E-state index in [2.05, 4.69) is 153 Å². The molecule has 0 bridgehead atoms. The first kappa shape index (κ1) is 62.8. The van der Waals surface area contributed by atoms with E-state index in [0.717, 1.165) is 15.2 Å². The number of hydrogen-bond donors (Lipinski definition) is 3. The number of nitrogens with two attached hydrogens (primary N) is 1. The van der Waals surface area contributed by atoms with Crippen LogP contribution in [0.1, 0.15) is 60.6 Å². The van der Waals surface area contributed by atoms with E-state index in [1.165, 1.54) is 37.3 Å². The van der Waals surface area contributed by atoms with Crippen LogP contribution in [0.25, 0.3) is 34.4 Å². The molecular weight excluding hydrogens is 1180 g/mol. The standard InChI is InChI=1S/C20H28BrFN6O4SSi.C10H3BrFN5O5.C9H25N3OSSi.C2H3N/c1-20(2,3)34(5,6)27-33(4,30)23-11-7-8-16-17(25-32-24-16)18-26-31-19(29)28(18)13-9-10-15(22)14(21)12-13;11-5-3-4(1-2-6(5)12)16-8(14-21-10(16)18)7-9(17(19)20)15-22-13-7;1-9(2,3)15(5,6)12-14(4,13)11-8-7-10;1-2-3/h9-10,12H,7-8,11H2,1-6H3,(H,23,27,30);1-3H;7-8,10H2,1-6H3,(H,11,12,13);1H3. The topological polar surface area (TPSA) is 350 Å². The number of halogens is 4. The van der Waals surface area contributed by atoms with Crippen LogP contribution in [0.15, 0.2) is 81.3 Å². The van der Waals surface area contributed by atoms with Gasteiger partial charge in [0.05, 0.1) is 46.2 Å². The van der Waals surface area contributed by atoms with Crippen molar-refractivity contribution in [2.45, 2.75) is 97.6 Å². The Morgan fingerprint density at radius 3 is 1.58 bits per heavy atom. The molecule has 4 N–H and O–H groups in total. The van der Waals surface area contributed by atoms with Crippen molar-refractivity contribution in [3.8, 4) is 40.5 Å². The van der Waals surface area contributed by atoms with Crippen LogP contribution >= 0.6 is 31.9 Å². The van der Waals surface area contributed by atoms with E-state index in [-0.39, 0.29) is 42.1 Å². The maximum Gasteiger partial charge on any atom is 0.446 e. The minimum absolute atomic E-state index is 0.0118. The molecule has 0 saturated carbocycles. The van der Waals surface area contributed by atoms with E-state index in [0.29, 0.717) is 43.9 Å². The maximum atomic E-state index is 13.6. The summed E-state index contributed by atoms with van der Waals surface area (Å²) in [5.41, 5.74) is 6.15. The Bertz CT molecular complexity index is 3320. The van der Waals surface area contributed by atoms with Gasteiger partial charge < -0.3 is 15.8 Å². The first-order valence-electron chi connectivity index (χ1n) is 22.0. The van der Waals surface area contributed by atoms with Gasteiger partial charge in [0.25, 0.3) is 5.69 Å². The summed E-state index contributed by atoms with van der Waals surface area (Å²) in [5.74, 6) is -3.67. The van der Waals surface area contributed by atoms with Gasteiger partial charge in [-0.2, -0.15) is 5.26 Å². The Hall–Kier alpha value is -5.48. The first-order chi connectivity index (χ1) is 34.1. The molecule has 33 heteroatoms. The zero-order chi connectivity index (χ0) is 56.2. The van der Waals surface area contributed by atoms with Gasteiger partial charge in [0.1, 0.15) is 17.3 Å². The lowest BCUT2D eigenvalue weighted by Gasteiger charge is -2.33. The minimum atomic E-state index is -2.55. The second kappa shape index (κ2) is 25.8. The predicted molar refractivity (Wildman–Crippen MR) is 285 cm³/mol. The molecule has 2 unspecified atom stereocenters. The zero-order valence-corrected chi connectivity index (χ0v) is 49.7. The van der Waals surface area contributed by atoms with E-state index >= 15 is 0 Å². The molecule has 4 heterocycles. The fourth-order valence-electron chi connectivity index (χ4n) is 5.46. The van der Waals surface area contributed by atoms with Crippen molar-refractivity contribution in [2.75, 3.05) is 32.1 Å². The summed E-state index contributed by atoms with van der Waals surface area (Å²) in [6.07, 6.45) is 4.24. The van der Waals surface area contributed by atoms with Crippen molar-refractivity contribution < 1.29 is 40.4 Å². The Kier molecular flexibility index (Phi) is 21.9.